The molecule has 1 aromatic carbocycles. The van der Waals surface area contributed by atoms with E-state index in [4.69, 9.17) is 5.73 Å². The van der Waals surface area contributed by atoms with E-state index in [1.807, 2.05) is 5.38 Å². The number of Topliss-reactive ketones (excluding diaryl/α,β-unsaturated/α-hetero) is 1. The highest BCUT2D eigenvalue weighted by molar-refractivity contribution is 7.09. The van der Waals surface area contributed by atoms with E-state index in [0.29, 0.717) is 17.7 Å². The number of ketones is 1. The zero-order chi connectivity index (χ0) is 10.7. The lowest BCUT2D eigenvalue weighted by molar-refractivity contribution is 0.0993. The lowest BCUT2D eigenvalue weighted by atomic mass is 10.1. The number of nitrogens with zero attached hydrogens (tertiary/aromatic N) is 1. The van der Waals surface area contributed by atoms with Crippen molar-refractivity contribution in [3.63, 3.8) is 0 Å². The van der Waals surface area contributed by atoms with Crippen molar-refractivity contribution < 1.29 is 4.79 Å². The van der Waals surface area contributed by atoms with E-state index in [1.165, 1.54) is 11.3 Å². The summed E-state index contributed by atoms with van der Waals surface area (Å²) in [7, 11) is 0. The fourth-order valence-corrected chi connectivity index (χ4v) is 1.91. The van der Waals surface area contributed by atoms with E-state index in [1.54, 1.807) is 30.5 Å². The van der Waals surface area contributed by atoms with Crippen molar-refractivity contribution >= 4 is 22.8 Å². The summed E-state index contributed by atoms with van der Waals surface area (Å²) in [6.45, 7) is 0. The van der Waals surface area contributed by atoms with Crippen LogP contribution in [0.5, 0.6) is 0 Å². The topological polar surface area (TPSA) is 56.0 Å². The molecule has 0 atom stereocenters. The average Bonchev–Trinajstić information content (AvgIpc) is 2.70. The van der Waals surface area contributed by atoms with Crippen molar-refractivity contribution in [1.29, 1.82) is 0 Å². The number of hydrogen-bond donors (Lipinski definition) is 1. The molecule has 0 aliphatic rings. The highest BCUT2D eigenvalue weighted by atomic mass is 32.1. The van der Waals surface area contributed by atoms with E-state index < -0.39 is 0 Å². The number of nitrogen functional groups attached to an aromatic ring is 1. The minimum absolute atomic E-state index is 0.0530. The number of aromatic nitrogens is 1. The van der Waals surface area contributed by atoms with Gasteiger partial charge in [-0.05, 0) is 12.1 Å². The maximum atomic E-state index is 11.8. The third-order valence-electron chi connectivity index (χ3n) is 2.00. The molecule has 0 amide bonds. The number of anilines is 1. The summed E-state index contributed by atoms with van der Waals surface area (Å²) in [6, 6.07) is 7.01. The van der Waals surface area contributed by atoms with Crippen LogP contribution in [0.4, 0.5) is 5.69 Å². The van der Waals surface area contributed by atoms with E-state index in [2.05, 4.69) is 4.98 Å². The van der Waals surface area contributed by atoms with Crippen molar-refractivity contribution in [2.75, 3.05) is 5.73 Å². The molecule has 0 saturated heterocycles. The highest BCUT2D eigenvalue weighted by Crippen LogP contribution is 2.12. The second-order valence-electron chi connectivity index (χ2n) is 3.15. The first kappa shape index (κ1) is 9.86. The van der Waals surface area contributed by atoms with Gasteiger partial charge in [-0.3, -0.25) is 4.79 Å². The van der Waals surface area contributed by atoms with Crippen LogP contribution in [0.3, 0.4) is 0 Å². The van der Waals surface area contributed by atoms with Gasteiger partial charge in [0.15, 0.2) is 5.78 Å². The molecule has 0 aliphatic heterocycles. The number of hydrogen-bond acceptors (Lipinski definition) is 4. The molecule has 2 N–H and O–H groups in total. The maximum absolute atomic E-state index is 11.8. The Labute approximate surface area is 91.6 Å². The largest absolute Gasteiger partial charge is 0.399 e. The van der Waals surface area contributed by atoms with Gasteiger partial charge in [0.2, 0.25) is 0 Å². The van der Waals surface area contributed by atoms with Crippen molar-refractivity contribution in [1.82, 2.24) is 4.98 Å². The SMILES string of the molecule is Nc1cccc(C(=O)Cc2nccs2)c1. The molecule has 0 aliphatic carbocycles. The molecule has 0 spiro atoms. The molecule has 4 heteroatoms. The van der Waals surface area contributed by atoms with E-state index in [-0.39, 0.29) is 5.78 Å². The molecule has 15 heavy (non-hydrogen) atoms. The van der Waals surface area contributed by atoms with Crippen LogP contribution < -0.4 is 5.73 Å². The van der Waals surface area contributed by atoms with Crippen LogP contribution in [0.25, 0.3) is 0 Å². The number of nitrogens with two attached hydrogens (primary N) is 1. The third-order valence-corrected chi connectivity index (χ3v) is 2.78. The van der Waals surface area contributed by atoms with Gasteiger partial charge in [0.25, 0.3) is 0 Å². The molecular formula is C11H10N2OS. The summed E-state index contributed by atoms with van der Waals surface area (Å²) in [6.07, 6.45) is 2.05. The van der Waals surface area contributed by atoms with Gasteiger partial charge in [0, 0.05) is 22.8 Å². The molecular weight excluding hydrogens is 208 g/mol. The Morgan fingerprint density at radius 1 is 1.47 bits per heavy atom. The molecule has 0 saturated carbocycles. The van der Waals surface area contributed by atoms with Crippen LogP contribution in [-0.4, -0.2) is 10.8 Å². The first-order valence-electron chi connectivity index (χ1n) is 4.53. The predicted octanol–water partition coefficient (Wildman–Crippen LogP) is 2.15. The van der Waals surface area contributed by atoms with E-state index in [9.17, 15) is 4.79 Å². The second-order valence-corrected chi connectivity index (χ2v) is 4.13. The number of benzene rings is 1. The number of carbonyl (C=O) groups is 1. The van der Waals surface area contributed by atoms with Crippen molar-refractivity contribution in [3.05, 3.63) is 46.4 Å². The fraction of sp³-hybridized carbons (Fsp3) is 0.0909. The first-order valence-corrected chi connectivity index (χ1v) is 5.41. The second kappa shape index (κ2) is 4.23. The minimum Gasteiger partial charge on any atom is -0.399 e. The van der Waals surface area contributed by atoms with Crippen LogP contribution in [0.1, 0.15) is 15.4 Å². The minimum atomic E-state index is 0.0530. The van der Waals surface area contributed by atoms with Gasteiger partial charge in [0.1, 0.15) is 5.01 Å². The fourth-order valence-electron chi connectivity index (χ4n) is 1.29. The molecule has 2 aromatic rings. The zero-order valence-corrected chi connectivity index (χ0v) is 8.83. The summed E-state index contributed by atoms with van der Waals surface area (Å²) in [5.74, 6) is 0.0530. The molecule has 0 radical (unpaired) electrons. The molecule has 3 nitrogen and oxygen atoms in total. The zero-order valence-electron chi connectivity index (χ0n) is 8.01. The molecule has 1 heterocycles. The third kappa shape index (κ3) is 2.41. The summed E-state index contributed by atoms with van der Waals surface area (Å²) < 4.78 is 0. The predicted molar refractivity (Wildman–Crippen MR) is 61.0 cm³/mol. The first-order chi connectivity index (χ1) is 7.25. The molecule has 0 fully saturated rings. The summed E-state index contributed by atoms with van der Waals surface area (Å²) in [5.41, 5.74) is 6.86. The van der Waals surface area contributed by atoms with Gasteiger partial charge < -0.3 is 5.73 Å². The van der Waals surface area contributed by atoms with E-state index >= 15 is 0 Å². The summed E-state index contributed by atoms with van der Waals surface area (Å²) in [5, 5.41) is 2.70. The molecule has 76 valence electrons. The summed E-state index contributed by atoms with van der Waals surface area (Å²) >= 11 is 1.49. The number of rotatable bonds is 3. The molecule has 1 aromatic heterocycles. The van der Waals surface area contributed by atoms with Gasteiger partial charge in [0.05, 0.1) is 6.42 Å². The van der Waals surface area contributed by atoms with Crippen LogP contribution >= 0.6 is 11.3 Å². The van der Waals surface area contributed by atoms with Gasteiger partial charge >= 0.3 is 0 Å². The Morgan fingerprint density at radius 3 is 3.00 bits per heavy atom. The molecule has 0 unspecified atom stereocenters. The lowest BCUT2D eigenvalue weighted by Crippen LogP contribution is -2.03. The average molecular weight is 218 g/mol. The van der Waals surface area contributed by atoms with Crippen molar-refractivity contribution in [3.8, 4) is 0 Å². The van der Waals surface area contributed by atoms with Crippen LogP contribution in [0.2, 0.25) is 0 Å². The van der Waals surface area contributed by atoms with Crippen LogP contribution in [0, 0.1) is 0 Å². The van der Waals surface area contributed by atoms with Gasteiger partial charge in [-0.2, -0.15) is 0 Å². The normalized spacial score (nSPS) is 10.1. The van der Waals surface area contributed by atoms with Crippen LogP contribution in [0.15, 0.2) is 35.8 Å². The van der Waals surface area contributed by atoms with Gasteiger partial charge in [-0.1, -0.05) is 12.1 Å². The Morgan fingerprint density at radius 2 is 2.33 bits per heavy atom. The number of thiazole rings is 1. The van der Waals surface area contributed by atoms with Gasteiger partial charge in [-0.25, -0.2) is 4.98 Å². The standard InChI is InChI=1S/C11H10N2OS/c12-9-3-1-2-8(6-9)10(14)7-11-13-4-5-15-11/h1-6H,7,12H2. The number of carbonyl (C=O) groups excluding carboxylic acids is 1. The molecule has 0 bridgehead atoms. The highest BCUT2D eigenvalue weighted by Gasteiger charge is 2.08. The van der Waals surface area contributed by atoms with Crippen molar-refractivity contribution in [2.24, 2.45) is 0 Å². The summed E-state index contributed by atoms with van der Waals surface area (Å²) in [4.78, 5) is 15.8. The Balaban J connectivity index is 2.15. The quantitative estimate of drug-likeness (QED) is 0.634. The van der Waals surface area contributed by atoms with E-state index in [0.717, 1.165) is 5.01 Å². The Kier molecular flexibility index (Phi) is 2.78. The van der Waals surface area contributed by atoms with Gasteiger partial charge in [-0.15, -0.1) is 11.3 Å². The maximum Gasteiger partial charge on any atom is 0.169 e. The van der Waals surface area contributed by atoms with Crippen LogP contribution in [-0.2, 0) is 6.42 Å². The Bertz CT molecular complexity index is 465. The monoisotopic (exact) mass is 218 g/mol. The Hall–Kier alpha value is -1.68. The molecule has 2 rings (SSSR count). The lowest BCUT2D eigenvalue weighted by Gasteiger charge is -1.99. The van der Waals surface area contributed by atoms with Crippen molar-refractivity contribution in [2.45, 2.75) is 6.42 Å². The smallest absolute Gasteiger partial charge is 0.169 e.